The van der Waals surface area contributed by atoms with Gasteiger partial charge in [0, 0.05) is 13.0 Å². The van der Waals surface area contributed by atoms with Crippen LogP contribution in [-0.2, 0) is 13.0 Å². The number of fused-ring (bicyclic) bond motifs is 1. The summed E-state index contributed by atoms with van der Waals surface area (Å²) in [6.45, 7) is 1.88. The molecule has 2 rings (SSSR count). The van der Waals surface area contributed by atoms with Crippen LogP contribution >= 0.6 is 0 Å². The summed E-state index contributed by atoms with van der Waals surface area (Å²) in [5.74, 6) is -0.202. The van der Waals surface area contributed by atoms with Gasteiger partial charge in [0.15, 0.2) is 0 Å². The standard InChI is InChI=1S/C11H17F3N4/c1-2-3-8(15)10-17-16-9-5-4-7(6-18(9)10)11(12,13)14/h7-8H,2-6,15H2,1H3. The highest BCUT2D eigenvalue weighted by molar-refractivity contribution is 5.04. The second kappa shape index (κ2) is 4.87. The molecule has 0 saturated heterocycles. The maximum atomic E-state index is 12.7. The number of nitrogens with two attached hydrogens (primary N) is 1. The number of rotatable bonds is 3. The van der Waals surface area contributed by atoms with Crippen LogP contribution in [0.5, 0.6) is 0 Å². The van der Waals surface area contributed by atoms with Crippen molar-refractivity contribution in [3.05, 3.63) is 11.6 Å². The Morgan fingerprint density at radius 3 is 2.78 bits per heavy atom. The van der Waals surface area contributed by atoms with Gasteiger partial charge in [0.25, 0.3) is 0 Å². The molecular weight excluding hydrogens is 245 g/mol. The summed E-state index contributed by atoms with van der Waals surface area (Å²) in [5.41, 5.74) is 5.92. The molecule has 0 saturated carbocycles. The van der Waals surface area contributed by atoms with Gasteiger partial charge in [-0.3, -0.25) is 0 Å². The van der Waals surface area contributed by atoms with Crippen molar-refractivity contribution < 1.29 is 13.2 Å². The predicted molar refractivity (Wildman–Crippen MR) is 59.7 cm³/mol. The lowest BCUT2D eigenvalue weighted by molar-refractivity contribution is -0.182. The normalized spacial score (nSPS) is 21.7. The molecule has 0 bridgehead atoms. The average molecular weight is 262 g/mol. The first-order valence-corrected chi connectivity index (χ1v) is 6.17. The highest BCUT2D eigenvalue weighted by atomic mass is 19.4. The lowest BCUT2D eigenvalue weighted by Crippen LogP contribution is -2.33. The Labute approximate surface area is 103 Å². The predicted octanol–water partition coefficient (Wildman–Crippen LogP) is 2.20. The van der Waals surface area contributed by atoms with E-state index in [1.165, 1.54) is 0 Å². The van der Waals surface area contributed by atoms with Gasteiger partial charge in [0.1, 0.15) is 11.6 Å². The summed E-state index contributed by atoms with van der Waals surface area (Å²) >= 11 is 0. The number of hydrogen-bond acceptors (Lipinski definition) is 3. The van der Waals surface area contributed by atoms with E-state index in [0.29, 0.717) is 24.5 Å². The molecule has 0 spiro atoms. The van der Waals surface area contributed by atoms with E-state index in [1.54, 1.807) is 4.57 Å². The lowest BCUT2D eigenvalue weighted by Gasteiger charge is -2.27. The first-order valence-electron chi connectivity index (χ1n) is 6.17. The maximum absolute atomic E-state index is 12.7. The van der Waals surface area contributed by atoms with Gasteiger partial charge in [-0.1, -0.05) is 13.3 Å². The van der Waals surface area contributed by atoms with Gasteiger partial charge in [-0.15, -0.1) is 10.2 Å². The summed E-state index contributed by atoms with van der Waals surface area (Å²) in [4.78, 5) is 0. The fourth-order valence-corrected chi connectivity index (χ4v) is 2.33. The molecule has 2 N–H and O–H groups in total. The van der Waals surface area contributed by atoms with Crippen LogP contribution in [0.25, 0.3) is 0 Å². The lowest BCUT2D eigenvalue weighted by atomic mass is 9.98. The van der Waals surface area contributed by atoms with E-state index in [1.807, 2.05) is 6.92 Å². The largest absolute Gasteiger partial charge is 0.393 e. The minimum Gasteiger partial charge on any atom is -0.321 e. The Bertz CT molecular complexity index is 413. The average Bonchev–Trinajstić information content (AvgIpc) is 2.70. The molecule has 2 unspecified atom stereocenters. The van der Waals surface area contributed by atoms with Crippen molar-refractivity contribution >= 4 is 0 Å². The van der Waals surface area contributed by atoms with Crippen molar-refractivity contribution in [2.24, 2.45) is 11.7 Å². The van der Waals surface area contributed by atoms with Crippen molar-refractivity contribution in [3.63, 3.8) is 0 Å². The van der Waals surface area contributed by atoms with Crippen LogP contribution in [0.1, 0.15) is 43.9 Å². The van der Waals surface area contributed by atoms with Crippen LogP contribution in [0.3, 0.4) is 0 Å². The third-order valence-electron chi connectivity index (χ3n) is 3.37. The minimum absolute atomic E-state index is 0.0879. The number of hydrogen-bond donors (Lipinski definition) is 1. The maximum Gasteiger partial charge on any atom is 0.393 e. The van der Waals surface area contributed by atoms with E-state index in [0.717, 1.165) is 6.42 Å². The highest BCUT2D eigenvalue weighted by Gasteiger charge is 2.42. The molecule has 2 heterocycles. The quantitative estimate of drug-likeness (QED) is 0.908. The summed E-state index contributed by atoms with van der Waals surface area (Å²) in [7, 11) is 0. The molecule has 18 heavy (non-hydrogen) atoms. The molecule has 1 aromatic rings. The van der Waals surface area contributed by atoms with Crippen molar-refractivity contribution in [1.82, 2.24) is 14.8 Å². The zero-order valence-electron chi connectivity index (χ0n) is 10.2. The van der Waals surface area contributed by atoms with Gasteiger partial charge in [-0.2, -0.15) is 13.2 Å². The summed E-state index contributed by atoms with van der Waals surface area (Å²) in [6, 6.07) is -0.330. The van der Waals surface area contributed by atoms with E-state index in [2.05, 4.69) is 10.2 Å². The smallest absolute Gasteiger partial charge is 0.321 e. The fraction of sp³-hybridized carbons (Fsp3) is 0.818. The van der Waals surface area contributed by atoms with E-state index in [9.17, 15) is 13.2 Å². The topological polar surface area (TPSA) is 56.7 Å². The first kappa shape index (κ1) is 13.3. The molecule has 102 valence electrons. The number of aryl methyl sites for hydroxylation is 1. The molecule has 1 aromatic heterocycles. The Hall–Kier alpha value is -1.11. The van der Waals surface area contributed by atoms with Crippen LogP contribution in [0.4, 0.5) is 13.2 Å². The monoisotopic (exact) mass is 262 g/mol. The SMILES string of the molecule is CCCC(N)c1nnc2n1CC(C(F)(F)F)CC2. The van der Waals surface area contributed by atoms with Crippen LogP contribution in [0.15, 0.2) is 0 Å². The van der Waals surface area contributed by atoms with Crippen LogP contribution in [-0.4, -0.2) is 20.9 Å². The molecule has 0 aromatic carbocycles. The van der Waals surface area contributed by atoms with Gasteiger partial charge in [0.2, 0.25) is 0 Å². The Morgan fingerprint density at radius 2 is 2.17 bits per heavy atom. The minimum atomic E-state index is -4.16. The van der Waals surface area contributed by atoms with E-state index < -0.39 is 12.1 Å². The van der Waals surface area contributed by atoms with Crippen LogP contribution < -0.4 is 5.73 Å². The van der Waals surface area contributed by atoms with Gasteiger partial charge in [0.05, 0.1) is 12.0 Å². The first-order chi connectivity index (χ1) is 8.43. The zero-order valence-corrected chi connectivity index (χ0v) is 10.2. The number of aromatic nitrogens is 3. The van der Waals surface area contributed by atoms with Gasteiger partial charge in [-0.25, -0.2) is 0 Å². The van der Waals surface area contributed by atoms with Crippen molar-refractivity contribution in [3.8, 4) is 0 Å². The third-order valence-corrected chi connectivity index (χ3v) is 3.37. The molecule has 0 amide bonds. The molecule has 4 nitrogen and oxygen atoms in total. The van der Waals surface area contributed by atoms with E-state index in [-0.39, 0.29) is 19.0 Å². The van der Waals surface area contributed by atoms with Crippen molar-refractivity contribution in [2.45, 2.75) is 51.4 Å². The summed E-state index contributed by atoms with van der Waals surface area (Å²) in [6.07, 6.45) is -2.18. The Morgan fingerprint density at radius 1 is 1.44 bits per heavy atom. The highest BCUT2D eigenvalue weighted by Crippen LogP contribution is 2.35. The molecule has 0 fully saturated rings. The Kier molecular flexibility index (Phi) is 3.61. The fourth-order valence-electron chi connectivity index (χ4n) is 2.33. The molecule has 2 atom stereocenters. The number of halogens is 3. The second-order valence-corrected chi connectivity index (χ2v) is 4.76. The molecule has 0 aliphatic carbocycles. The number of alkyl halides is 3. The third kappa shape index (κ3) is 2.50. The van der Waals surface area contributed by atoms with Gasteiger partial charge < -0.3 is 10.3 Å². The van der Waals surface area contributed by atoms with Crippen molar-refractivity contribution in [2.75, 3.05) is 0 Å². The molecular formula is C11H17F3N4. The molecule has 1 aliphatic rings. The number of nitrogens with zero attached hydrogens (tertiary/aromatic N) is 3. The Balaban J connectivity index is 2.22. The summed E-state index contributed by atoms with van der Waals surface area (Å²) in [5, 5.41) is 7.90. The van der Waals surface area contributed by atoms with Gasteiger partial charge in [-0.05, 0) is 12.8 Å². The van der Waals surface area contributed by atoms with E-state index in [4.69, 9.17) is 5.73 Å². The van der Waals surface area contributed by atoms with Gasteiger partial charge >= 0.3 is 6.18 Å². The second-order valence-electron chi connectivity index (χ2n) is 4.76. The molecule has 7 heteroatoms. The van der Waals surface area contributed by atoms with Crippen LogP contribution in [0.2, 0.25) is 0 Å². The summed E-state index contributed by atoms with van der Waals surface area (Å²) < 4.78 is 39.8. The molecule has 1 aliphatic heterocycles. The zero-order chi connectivity index (χ0) is 13.3. The van der Waals surface area contributed by atoms with E-state index >= 15 is 0 Å². The van der Waals surface area contributed by atoms with Crippen LogP contribution in [0, 0.1) is 5.92 Å². The van der Waals surface area contributed by atoms with Crippen molar-refractivity contribution in [1.29, 1.82) is 0 Å². The molecule has 0 radical (unpaired) electrons.